The standard InChI is InChI=1S/C24H39N5O3.HI/c1-6-25-22(26-16-19-8-7-9-21(27-19)31-5)28-14-12-20(13-15-28)29(17-18-10-11-18)23(30)32-24(2,3)4;/h7-9,18,20H,6,10-17H2,1-5H3,(H,25,26);1H. The van der Waals surface area contributed by atoms with E-state index in [4.69, 9.17) is 14.5 Å². The summed E-state index contributed by atoms with van der Waals surface area (Å²) in [6, 6.07) is 5.93. The van der Waals surface area contributed by atoms with Crippen molar-refractivity contribution in [2.24, 2.45) is 10.9 Å². The molecule has 2 fully saturated rings. The summed E-state index contributed by atoms with van der Waals surface area (Å²) in [7, 11) is 1.62. The van der Waals surface area contributed by atoms with Crippen LogP contribution in [0.25, 0.3) is 0 Å². The smallest absolute Gasteiger partial charge is 0.410 e. The van der Waals surface area contributed by atoms with Crippen LogP contribution in [0, 0.1) is 5.92 Å². The van der Waals surface area contributed by atoms with Gasteiger partial charge in [-0.1, -0.05) is 6.07 Å². The molecule has 1 amide bonds. The van der Waals surface area contributed by atoms with E-state index in [0.29, 0.717) is 18.3 Å². The zero-order valence-corrected chi connectivity index (χ0v) is 23.0. The van der Waals surface area contributed by atoms with Gasteiger partial charge in [-0.3, -0.25) is 0 Å². The highest BCUT2D eigenvalue weighted by Gasteiger charge is 2.35. The molecule has 8 nitrogen and oxygen atoms in total. The molecular formula is C24H40IN5O3. The molecule has 33 heavy (non-hydrogen) atoms. The number of hydrogen-bond donors (Lipinski definition) is 1. The van der Waals surface area contributed by atoms with Gasteiger partial charge in [-0.2, -0.15) is 0 Å². The molecule has 1 aromatic heterocycles. The number of rotatable bonds is 7. The van der Waals surface area contributed by atoms with Crippen molar-refractivity contribution in [1.82, 2.24) is 20.1 Å². The van der Waals surface area contributed by atoms with Crippen molar-refractivity contribution < 1.29 is 14.3 Å². The van der Waals surface area contributed by atoms with Crippen LogP contribution in [0.3, 0.4) is 0 Å². The first-order valence-electron chi connectivity index (χ1n) is 11.8. The Hall–Kier alpha value is -1.78. The van der Waals surface area contributed by atoms with Gasteiger partial charge in [0.25, 0.3) is 0 Å². The highest BCUT2D eigenvalue weighted by molar-refractivity contribution is 14.0. The monoisotopic (exact) mass is 573 g/mol. The topological polar surface area (TPSA) is 79.3 Å². The summed E-state index contributed by atoms with van der Waals surface area (Å²) in [5.41, 5.74) is 0.397. The molecule has 1 saturated carbocycles. The third kappa shape index (κ3) is 8.83. The minimum absolute atomic E-state index is 0. The van der Waals surface area contributed by atoms with Crippen LogP contribution in [0.5, 0.6) is 5.88 Å². The van der Waals surface area contributed by atoms with Gasteiger partial charge >= 0.3 is 6.09 Å². The number of carbonyl (C=O) groups excluding carboxylic acids is 1. The Balaban J connectivity index is 0.00000385. The number of ether oxygens (including phenoxy) is 2. The molecule has 9 heteroatoms. The minimum atomic E-state index is -0.474. The Morgan fingerprint density at radius 3 is 2.52 bits per heavy atom. The van der Waals surface area contributed by atoms with Gasteiger partial charge in [0.1, 0.15) is 5.60 Å². The van der Waals surface area contributed by atoms with Gasteiger partial charge in [0.2, 0.25) is 5.88 Å². The van der Waals surface area contributed by atoms with Crippen molar-refractivity contribution in [3.63, 3.8) is 0 Å². The van der Waals surface area contributed by atoms with E-state index in [0.717, 1.165) is 50.7 Å². The highest BCUT2D eigenvalue weighted by Crippen LogP contribution is 2.32. The zero-order chi connectivity index (χ0) is 23.1. The largest absolute Gasteiger partial charge is 0.481 e. The molecule has 1 aromatic rings. The third-order valence-electron chi connectivity index (χ3n) is 5.70. The fraction of sp³-hybridized carbons (Fsp3) is 0.708. The lowest BCUT2D eigenvalue weighted by atomic mass is 10.0. The molecule has 3 rings (SSSR count). The Kier molecular flexibility index (Phi) is 10.5. The van der Waals surface area contributed by atoms with E-state index in [1.807, 2.05) is 43.9 Å². The van der Waals surface area contributed by atoms with Crippen LogP contribution in [0.1, 0.15) is 59.1 Å². The quantitative estimate of drug-likeness (QED) is 0.298. The van der Waals surface area contributed by atoms with Crippen LogP contribution in [-0.4, -0.2) is 71.8 Å². The number of likely N-dealkylation sites (tertiary alicyclic amines) is 1. The molecule has 1 saturated heterocycles. The van der Waals surface area contributed by atoms with Crippen molar-refractivity contribution >= 4 is 36.0 Å². The van der Waals surface area contributed by atoms with Crippen LogP contribution < -0.4 is 10.1 Å². The van der Waals surface area contributed by atoms with E-state index < -0.39 is 5.60 Å². The maximum Gasteiger partial charge on any atom is 0.410 e. The molecule has 0 spiro atoms. The fourth-order valence-corrected chi connectivity index (χ4v) is 3.90. The second-order valence-corrected chi connectivity index (χ2v) is 9.64. The van der Waals surface area contributed by atoms with Gasteiger partial charge in [-0.05, 0) is 65.4 Å². The fourth-order valence-electron chi connectivity index (χ4n) is 3.90. The molecule has 0 atom stereocenters. The van der Waals surface area contributed by atoms with Gasteiger partial charge < -0.3 is 24.6 Å². The number of amides is 1. The summed E-state index contributed by atoms with van der Waals surface area (Å²) in [4.78, 5) is 26.4. The van der Waals surface area contributed by atoms with Crippen molar-refractivity contribution in [3.8, 4) is 5.88 Å². The summed E-state index contributed by atoms with van der Waals surface area (Å²) < 4.78 is 10.9. The predicted molar refractivity (Wildman–Crippen MR) is 141 cm³/mol. The van der Waals surface area contributed by atoms with E-state index in [2.05, 4.69) is 22.1 Å². The molecule has 2 aliphatic rings. The summed E-state index contributed by atoms with van der Waals surface area (Å²) in [6.45, 7) is 11.7. The zero-order valence-electron chi connectivity index (χ0n) is 20.7. The molecule has 0 aromatic carbocycles. The molecule has 1 N–H and O–H groups in total. The Bertz CT molecular complexity index is 787. The average molecular weight is 574 g/mol. The molecule has 0 unspecified atom stereocenters. The first-order valence-corrected chi connectivity index (χ1v) is 11.8. The maximum absolute atomic E-state index is 12.9. The number of pyridine rings is 1. The molecule has 2 heterocycles. The van der Waals surface area contributed by atoms with Crippen molar-refractivity contribution in [2.45, 2.75) is 71.6 Å². The van der Waals surface area contributed by atoms with Gasteiger partial charge in [-0.25, -0.2) is 14.8 Å². The minimum Gasteiger partial charge on any atom is -0.481 e. The van der Waals surface area contributed by atoms with Crippen molar-refractivity contribution in [1.29, 1.82) is 0 Å². The Morgan fingerprint density at radius 2 is 1.94 bits per heavy atom. The van der Waals surface area contributed by atoms with Crippen LogP contribution in [-0.2, 0) is 11.3 Å². The van der Waals surface area contributed by atoms with E-state index in [-0.39, 0.29) is 36.1 Å². The lowest BCUT2D eigenvalue weighted by Crippen LogP contribution is -2.52. The van der Waals surface area contributed by atoms with Crippen LogP contribution in [0.4, 0.5) is 4.79 Å². The number of aromatic nitrogens is 1. The summed E-state index contributed by atoms with van der Waals surface area (Å²) in [5.74, 6) is 2.12. The third-order valence-corrected chi connectivity index (χ3v) is 5.70. The van der Waals surface area contributed by atoms with Crippen LogP contribution >= 0.6 is 24.0 Å². The molecule has 0 radical (unpaired) electrons. The number of guanidine groups is 1. The lowest BCUT2D eigenvalue weighted by Gasteiger charge is -2.40. The van der Waals surface area contributed by atoms with Gasteiger partial charge in [-0.15, -0.1) is 24.0 Å². The van der Waals surface area contributed by atoms with Crippen molar-refractivity contribution in [3.05, 3.63) is 23.9 Å². The SMILES string of the molecule is CCNC(=NCc1cccc(OC)n1)N1CCC(N(CC2CC2)C(=O)OC(C)(C)C)CC1.I. The molecular weight excluding hydrogens is 533 g/mol. The van der Waals surface area contributed by atoms with Gasteiger partial charge in [0.05, 0.1) is 19.3 Å². The number of nitrogens with zero attached hydrogens (tertiary/aromatic N) is 4. The predicted octanol–water partition coefficient (Wildman–Crippen LogP) is 4.29. The van der Waals surface area contributed by atoms with E-state index in [9.17, 15) is 4.79 Å². The summed E-state index contributed by atoms with van der Waals surface area (Å²) in [5, 5.41) is 3.40. The molecule has 1 aliphatic heterocycles. The first kappa shape index (κ1) is 27.5. The molecule has 186 valence electrons. The maximum atomic E-state index is 12.9. The second kappa shape index (κ2) is 12.6. The number of nitrogens with one attached hydrogen (secondary N) is 1. The number of hydrogen-bond acceptors (Lipinski definition) is 5. The highest BCUT2D eigenvalue weighted by atomic mass is 127. The van der Waals surface area contributed by atoms with Gasteiger partial charge in [0, 0.05) is 38.3 Å². The van der Waals surface area contributed by atoms with Gasteiger partial charge in [0.15, 0.2) is 5.96 Å². The number of aliphatic imine (C=N–C) groups is 1. The number of halogens is 1. The van der Waals surface area contributed by atoms with E-state index in [1.165, 1.54) is 12.8 Å². The first-order chi connectivity index (χ1) is 15.3. The normalized spacial score (nSPS) is 17.2. The Morgan fingerprint density at radius 1 is 1.24 bits per heavy atom. The summed E-state index contributed by atoms with van der Waals surface area (Å²) in [6.07, 6.45) is 4.08. The number of methoxy groups -OCH3 is 1. The summed E-state index contributed by atoms with van der Waals surface area (Å²) >= 11 is 0. The number of carbonyl (C=O) groups is 1. The second-order valence-electron chi connectivity index (χ2n) is 9.64. The Labute approximate surface area is 215 Å². The lowest BCUT2D eigenvalue weighted by molar-refractivity contribution is 0.00928. The molecule has 1 aliphatic carbocycles. The van der Waals surface area contributed by atoms with Crippen LogP contribution in [0.2, 0.25) is 0 Å². The van der Waals surface area contributed by atoms with E-state index >= 15 is 0 Å². The van der Waals surface area contributed by atoms with E-state index in [1.54, 1.807) is 7.11 Å². The number of piperidine rings is 1. The average Bonchev–Trinajstić information content (AvgIpc) is 3.58. The van der Waals surface area contributed by atoms with Crippen molar-refractivity contribution in [2.75, 3.05) is 33.3 Å². The molecule has 0 bridgehead atoms. The van der Waals surface area contributed by atoms with Crippen LogP contribution in [0.15, 0.2) is 23.2 Å².